The smallest absolute Gasteiger partial charge is 0.257 e. The van der Waals surface area contributed by atoms with Crippen LogP contribution >= 0.6 is 11.8 Å². The fourth-order valence-electron chi connectivity index (χ4n) is 4.41. The van der Waals surface area contributed by atoms with E-state index in [1.54, 1.807) is 37.2 Å². The molecule has 3 unspecified atom stereocenters. The number of carbonyl (C=O) groups is 1. The Morgan fingerprint density at radius 3 is 2.64 bits per heavy atom. The van der Waals surface area contributed by atoms with Gasteiger partial charge in [0.15, 0.2) is 6.29 Å². The molecule has 8 heteroatoms. The summed E-state index contributed by atoms with van der Waals surface area (Å²) in [6.07, 6.45) is 2.91. The molecule has 2 heterocycles. The predicted octanol–water partition coefficient (Wildman–Crippen LogP) is 6.17. The first-order chi connectivity index (χ1) is 19.1. The van der Waals surface area contributed by atoms with E-state index in [0.29, 0.717) is 23.4 Å². The van der Waals surface area contributed by atoms with Crippen LogP contribution < -0.4 is 10.1 Å². The molecule has 1 aliphatic rings. The largest absolute Gasteiger partial charge is 0.496 e. The van der Waals surface area contributed by atoms with Crippen molar-refractivity contribution in [2.45, 2.75) is 36.4 Å². The van der Waals surface area contributed by atoms with E-state index in [9.17, 15) is 9.90 Å². The van der Waals surface area contributed by atoms with Crippen LogP contribution in [0.2, 0.25) is 0 Å². The van der Waals surface area contributed by atoms with Crippen LogP contribution in [0.25, 0.3) is 0 Å². The molecule has 1 fully saturated rings. The SMILES string of the molecule is COc1ccccc1SCC1CC(c2ccc(CO)cc2)OC(c2cccc(NC(=O)c3cccnc3)c2)O1. The highest BCUT2D eigenvalue weighted by Crippen LogP contribution is 2.40. The summed E-state index contributed by atoms with van der Waals surface area (Å²) < 4.78 is 18.4. The number of ether oxygens (including phenoxy) is 3. The van der Waals surface area contributed by atoms with Crippen molar-refractivity contribution in [1.82, 2.24) is 4.98 Å². The lowest BCUT2D eigenvalue weighted by Gasteiger charge is -2.36. The zero-order chi connectivity index (χ0) is 27.0. The number of nitrogens with zero attached hydrogens (tertiary/aromatic N) is 1. The molecule has 0 aliphatic carbocycles. The summed E-state index contributed by atoms with van der Waals surface area (Å²) in [5.41, 5.74) is 3.80. The summed E-state index contributed by atoms with van der Waals surface area (Å²) >= 11 is 1.69. The van der Waals surface area contributed by atoms with Crippen molar-refractivity contribution in [3.63, 3.8) is 0 Å². The molecule has 0 spiro atoms. The van der Waals surface area contributed by atoms with Gasteiger partial charge < -0.3 is 24.6 Å². The molecule has 0 bridgehead atoms. The van der Waals surface area contributed by atoms with E-state index in [2.05, 4.69) is 10.3 Å². The number of benzene rings is 3. The minimum atomic E-state index is -0.625. The fourth-order valence-corrected chi connectivity index (χ4v) is 5.46. The van der Waals surface area contributed by atoms with Crippen LogP contribution in [0.4, 0.5) is 5.69 Å². The Balaban J connectivity index is 1.36. The molecule has 5 rings (SSSR count). The van der Waals surface area contributed by atoms with Gasteiger partial charge in [0.05, 0.1) is 31.5 Å². The number of para-hydroxylation sites is 1. The number of aliphatic hydroxyl groups excluding tert-OH is 1. The average Bonchev–Trinajstić information content (AvgIpc) is 3.00. The van der Waals surface area contributed by atoms with Crippen molar-refractivity contribution in [2.75, 3.05) is 18.2 Å². The number of nitrogens with one attached hydrogen (secondary N) is 1. The Kier molecular flexibility index (Phi) is 8.90. The zero-order valence-electron chi connectivity index (χ0n) is 21.5. The second-order valence-corrected chi connectivity index (χ2v) is 10.2. The standard InChI is InChI=1S/C31H30N2O5S/c1-36-27-9-2-3-10-29(27)39-20-26-17-28(22-13-11-21(19-34)12-14-22)38-31(37-26)23-6-4-8-25(16-23)33-30(35)24-7-5-15-32-18-24/h2-16,18,26,28,31,34H,17,19-20H2,1H3,(H,33,35). The van der Waals surface area contributed by atoms with Crippen LogP contribution in [0, 0.1) is 0 Å². The van der Waals surface area contributed by atoms with E-state index in [-0.39, 0.29) is 24.7 Å². The predicted molar refractivity (Wildman–Crippen MR) is 151 cm³/mol. The highest BCUT2D eigenvalue weighted by molar-refractivity contribution is 7.99. The number of anilines is 1. The summed E-state index contributed by atoms with van der Waals surface area (Å²) in [5.74, 6) is 1.31. The maximum Gasteiger partial charge on any atom is 0.257 e. The molecule has 39 heavy (non-hydrogen) atoms. The highest BCUT2D eigenvalue weighted by Gasteiger charge is 2.32. The number of pyridine rings is 1. The molecule has 0 radical (unpaired) electrons. The molecule has 0 saturated carbocycles. The summed E-state index contributed by atoms with van der Waals surface area (Å²) in [5, 5.41) is 12.4. The minimum absolute atomic E-state index is 0.00668. The van der Waals surface area contributed by atoms with Gasteiger partial charge in [-0.3, -0.25) is 9.78 Å². The number of amides is 1. The molecule has 2 N–H and O–H groups in total. The van der Waals surface area contributed by atoms with Crippen LogP contribution in [0.3, 0.4) is 0 Å². The molecule has 1 saturated heterocycles. The van der Waals surface area contributed by atoms with Crippen molar-refractivity contribution >= 4 is 23.4 Å². The highest BCUT2D eigenvalue weighted by atomic mass is 32.2. The summed E-state index contributed by atoms with van der Waals surface area (Å²) in [6, 6.07) is 26.7. The quantitative estimate of drug-likeness (QED) is 0.244. The molecule has 4 aromatic rings. The molecular weight excluding hydrogens is 512 g/mol. The maximum atomic E-state index is 12.7. The monoisotopic (exact) mass is 542 g/mol. The van der Waals surface area contributed by atoms with Crippen LogP contribution in [-0.2, 0) is 16.1 Å². The van der Waals surface area contributed by atoms with Crippen LogP contribution in [0.5, 0.6) is 5.75 Å². The number of carbonyl (C=O) groups excluding carboxylic acids is 1. The van der Waals surface area contributed by atoms with E-state index < -0.39 is 6.29 Å². The molecule has 200 valence electrons. The number of hydrogen-bond acceptors (Lipinski definition) is 7. The van der Waals surface area contributed by atoms with Gasteiger partial charge in [-0.25, -0.2) is 0 Å². The van der Waals surface area contributed by atoms with Crippen molar-refractivity contribution in [2.24, 2.45) is 0 Å². The Morgan fingerprint density at radius 2 is 1.87 bits per heavy atom. The third kappa shape index (κ3) is 6.85. The average molecular weight is 543 g/mol. The normalized spacial score (nSPS) is 18.9. The van der Waals surface area contributed by atoms with Gasteiger partial charge >= 0.3 is 0 Å². The molecular formula is C31H30N2O5S. The minimum Gasteiger partial charge on any atom is -0.496 e. The van der Waals surface area contributed by atoms with Gasteiger partial charge in [-0.05, 0) is 47.5 Å². The topological polar surface area (TPSA) is 89.9 Å². The summed E-state index contributed by atoms with van der Waals surface area (Å²) in [6.45, 7) is -0.00668. The van der Waals surface area contributed by atoms with Gasteiger partial charge in [0, 0.05) is 40.7 Å². The Labute approximate surface area is 232 Å². The van der Waals surface area contributed by atoms with Crippen LogP contribution in [0.15, 0.2) is 102 Å². The second-order valence-electron chi connectivity index (χ2n) is 9.13. The van der Waals surface area contributed by atoms with E-state index in [1.165, 1.54) is 6.20 Å². The lowest BCUT2D eigenvalue weighted by molar-refractivity contribution is -0.245. The first kappa shape index (κ1) is 26.9. The van der Waals surface area contributed by atoms with Gasteiger partial charge in [-0.15, -0.1) is 11.8 Å². The van der Waals surface area contributed by atoms with Crippen LogP contribution in [0.1, 0.15) is 45.9 Å². The van der Waals surface area contributed by atoms with Crippen molar-refractivity contribution < 1.29 is 24.1 Å². The maximum absolute atomic E-state index is 12.7. The van der Waals surface area contributed by atoms with Gasteiger partial charge in [0.1, 0.15) is 5.75 Å². The molecule has 7 nitrogen and oxygen atoms in total. The van der Waals surface area contributed by atoms with Crippen molar-refractivity contribution in [3.05, 3.63) is 120 Å². The van der Waals surface area contributed by atoms with Gasteiger partial charge in [-0.1, -0.05) is 48.5 Å². The van der Waals surface area contributed by atoms with E-state index in [0.717, 1.165) is 27.3 Å². The fraction of sp³-hybridized carbons (Fsp3) is 0.226. The zero-order valence-corrected chi connectivity index (χ0v) is 22.3. The Hall–Kier alpha value is -3.69. The van der Waals surface area contributed by atoms with E-state index >= 15 is 0 Å². The molecule has 3 atom stereocenters. The third-order valence-electron chi connectivity index (χ3n) is 6.45. The number of hydrogen-bond donors (Lipinski definition) is 2. The third-order valence-corrected chi connectivity index (χ3v) is 7.64. The number of thioether (sulfide) groups is 1. The summed E-state index contributed by atoms with van der Waals surface area (Å²) in [4.78, 5) is 17.7. The molecule has 1 aromatic heterocycles. The van der Waals surface area contributed by atoms with Crippen molar-refractivity contribution in [1.29, 1.82) is 0 Å². The van der Waals surface area contributed by atoms with Crippen LogP contribution in [-0.4, -0.2) is 35.0 Å². The molecule has 3 aromatic carbocycles. The molecule has 1 aliphatic heterocycles. The van der Waals surface area contributed by atoms with Gasteiger partial charge in [0.2, 0.25) is 0 Å². The first-order valence-electron chi connectivity index (χ1n) is 12.7. The Bertz CT molecular complexity index is 1380. The first-order valence-corrected chi connectivity index (χ1v) is 13.7. The number of methoxy groups -OCH3 is 1. The van der Waals surface area contributed by atoms with E-state index in [1.807, 2.05) is 72.8 Å². The number of aromatic nitrogens is 1. The lowest BCUT2D eigenvalue weighted by atomic mass is 10.0. The number of aliphatic hydroxyl groups is 1. The Morgan fingerprint density at radius 1 is 1.03 bits per heavy atom. The molecule has 1 amide bonds. The number of rotatable bonds is 9. The lowest BCUT2D eigenvalue weighted by Crippen LogP contribution is -2.31. The summed E-state index contributed by atoms with van der Waals surface area (Å²) in [7, 11) is 1.67. The van der Waals surface area contributed by atoms with Gasteiger partial charge in [0.25, 0.3) is 5.91 Å². The van der Waals surface area contributed by atoms with Gasteiger partial charge in [-0.2, -0.15) is 0 Å². The van der Waals surface area contributed by atoms with Crippen molar-refractivity contribution in [3.8, 4) is 5.75 Å². The second kappa shape index (κ2) is 12.9. The van der Waals surface area contributed by atoms with E-state index in [4.69, 9.17) is 14.2 Å².